The van der Waals surface area contributed by atoms with E-state index in [9.17, 15) is 4.39 Å². The van der Waals surface area contributed by atoms with Crippen LogP contribution in [0.25, 0.3) is 0 Å². The summed E-state index contributed by atoms with van der Waals surface area (Å²) >= 11 is 6.13. The molecule has 0 amide bonds. The number of ether oxygens (including phenoxy) is 1. The Hall–Kier alpha value is -0.640. The third-order valence-corrected chi connectivity index (χ3v) is 4.09. The van der Waals surface area contributed by atoms with Gasteiger partial charge in [-0.15, -0.1) is 0 Å². The standard InChI is InChI=1S/C14H19ClFNO/c1-2-18-14(7-3-4-8-14)13(17)11-9-10(16)5-6-12(11)15/h5-6,9,13H,2-4,7-8,17H2,1H3. The highest BCUT2D eigenvalue weighted by Gasteiger charge is 2.41. The Balaban J connectivity index is 2.33. The lowest BCUT2D eigenvalue weighted by Gasteiger charge is -2.35. The van der Waals surface area contributed by atoms with Crippen LogP contribution in [0.5, 0.6) is 0 Å². The molecule has 1 fully saturated rings. The van der Waals surface area contributed by atoms with Crippen LogP contribution in [0.3, 0.4) is 0 Å². The zero-order valence-electron chi connectivity index (χ0n) is 10.6. The van der Waals surface area contributed by atoms with Gasteiger partial charge in [-0.3, -0.25) is 0 Å². The van der Waals surface area contributed by atoms with E-state index in [4.69, 9.17) is 22.1 Å². The summed E-state index contributed by atoms with van der Waals surface area (Å²) in [6.07, 6.45) is 4.02. The first kappa shape index (κ1) is 13.8. The second kappa shape index (κ2) is 5.55. The van der Waals surface area contributed by atoms with Gasteiger partial charge in [0.2, 0.25) is 0 Å². The van der Waals surface area contributed by atoms with Gasteiger partial charge < -0.3 is 10.5 Å². The summed E-state index contributed by atoms with van der Waals surface area (Å²) in [6, 6.07) is 3.95. The molecule has 2 N–H and O–H groups in total. The van der Waals surface area contributed by atoms with Gasteiger partial charge in [-0.25, -0.2) is 4.39 Å². The van der Waals surface area contributed by atoms with Crippen LogP contribution in [0.15, 0.2) is 18.2 Å². The molecule has 100 valence electrons. The summed E-state index contributed by atoms with van der Waals surface area (Å²) < 4.78 is 19.2. The zero-order chi connectivity index (χ0) is 13.2. The number of hydrogen-bond acceptors (Lipinski definition) is 2. The monoisotopic (exact) mass is 271 g/mol. The van der Waals surface area contributed by atoms with Crippen molar-refractivity contribution in [1.29, 1.82) is 0 Å². The van der Waals surface area contributed by atoms with E-state index in [2.05, 4.69) is 0 Å². The van der Waals surface area contributed by atoms with Crippen molar-refractivity contribution in [2.45, 2.75) is 44.2 Å². The van der Waals surface area contributed by atoms with Crippen molar-refractivity contribution in [3.05, 3.63) is 34.6 Å². The van der Waals surface area contributed by atoms with Gasteiger partial charge in [0.25, 0.3) is 0 Å². The molecule has 0 radical (unpaired) electrons. The van der Waals surface area contributed by atoms with Crippen LogP contribution in [0.4, 0.5) is 4.39 Å². The van der Waals surface area contributed by atoms with Gasteiger partial charge >= 0.3 is 0 Å². The number of rotatable bonds is 4. The summed E-state index contributed by atoms with van der Waals surface area (Å²) in [5, 5.41) is 0.509. The summed E-state index contributed by atoms with van der Waals surface area (Å²) in [4.78, 5) is 0. The third-order valence-electron chi connectivity index (χ3n) is 3.74. The molecule has 2 nitrogen and oxygen atoms in total. The molecular weight excluding hydrogens is 253 g/mol. The number of benzene rings is 1. The second-order valence-electron chi connectivity index (χ2n) is 4.85. The van der Waals surface area contributed by atoms with Crippen LogP contribution in [0.2, 0.25) is 5.02 Å². The molecule has 4 heteroatoms. The number of nitrogens with two attached hydrogens (primary N) is 1. The third kappa shape index (κ3) is 2.53. The maximum atomic E-state index is 13.4. The Morgan fingerprint density at radius 3 is 2.72 bits per heavy atom. The van der Waals surface area contributed by atoms with Crippen molar-refractivity contribution in [1.82, 2.24) is 0 Å². The Kier molecular flexibility index (Phi) is 4.25. The minimum absolute atomic E-state index is 0.311. The molecule has 0 heterocycles. The number of halogens is 2. The largest absolute Gasteiger partial charge is 0.373 e. The fraction of sp³-hybridized carbons (Fsp3) is 0.571. The van der Waals surface area contributed by atoms with Crippen LogP contribution in [-0.2, 0) is 4.74 Å². The Morgan fingerprint density at radius 2 is 2.11 bits per heavy atom. The first-order valence-corrected chi connectivity index (χ1v) is 6.81. The molecule has 1 aliphatic rings. The van der Waals surface area contributed by atoms with E-state index >= 15 is 0 Å². The lowest BCUT2D eigenvalue weighted by atomic mass is 9.87. The smallest absolute Gasteiger partial charge is 0.123 e. The van der Waals surface area contributed by atoms with E-state index in [1.165, 1.54) is 12.1 Å². The van der Waals surface area contributed by atoms with E-state index in [0.29, 0.717) is 17.2 Å². The van der Waals surface area contributed by atoms with Crippen LogP contribution in [0.1, 0.15) is 44.2 Å². The highest BCUT2D eigenvalue weighted by molar-refractivity contribution is 6.31. The predicted octanol–water partition coefficient (Wildman–Crippen LogP) is 3.83. The quantitative estimate of drug-likeness (QED) is 0.903. The summed E-state index contributed by atoms with van der Waals surface area (Å²) in [7, 11) is 0. The molecule has 0 saturated heterocycles. The minimum Gasteiger partial charge on any atom is -0.373 e. The van der Waals surface area contributed by atoms with Gasteiger partial charge in [0.05, 0.1) is 11.6 Å². The molecule has 1 aliphatic carbocycles. The molecular formula is C14H19ClFNO. The summed E-state index contributed by atoms with van der Waals surface area (Å²) in [5.41, 5.74) is 6.58. The van der Waals surface area contributed by atoms with Gasteiger partial charge in [-0.05, 0) is 43.5 Å². The molecule has 0 spiro atoms. The summed E-state index contributed by atoms with van der Waals surface area (Å²) in [5.74, 6) is -0.311. The molecule has 2 rings (SSSR count). The fourth-order valence-electron chi connectivity index (χ4n) is 2.84. The lowest BCUT2D eigenvalue weighted by Crippen LogP contribution is -2.41. The van der Waals surface area contributed by atoms with Crippen molar-refractivity contribution < 1.29 is 9.13 Å². The van der Waals surface area contributed by atoms with E-state index in [-0.39, 0.29) is 17.5 Å². The SMILES string of the molecule is CCOC1(C(N)c2cc(F)ccc2Cl)CCCC1. The Bertz CT molecular complexity index is 418. The highest BCUT2D eigenvalue weighted by atomic mass is 35.5. The molecule has 0 aliphatic heterocycles. The van der Waals surface area contributed by atoms with Crippen molar-refractivity contribution in [3.63, 3.8) is 0 Å². The molecule has 0 bridgehead atoms. The molecule has 1 aromatic rings. The van der Waals surface area contributed by atoms with Crippen LogP contribution in [0, 0.1) is 5.82 Å². The van der Waals surface area contributed by atoms with Crippen molar-refractivity contribution in [2.24, 2.45) is 5.73 Å². The zero-order valence-corrected chi connectivity index (χ0v) is 11.3. The van der Waals surface area contributed by atoms with E-state index < -0.39 is 0 Å². The van der Waals surface area contributed by atoms with Crippen molar-refractivity contribution >= 4 is 11.6 Å². The van der Waals surface area contributed by atoms with E-state index in [1.54, 1.807) is 6.07 Å². The maximum Gasteiger partial charge on any atom is 0.123 e. The first-order chi connectivity index (χ1) is 8.59. The van der Waals surface area contributed by atoms with Gasteiger partial charge in [-0.1, -0.05) is 24.4 Å². The van der Waals surface area contributed by atoms with Crippen LogP contribution < -0.4 is 5.73 Å². The van der Waals surface area contributed by atoms with Gasteiger partial charge in [0.1, 0.15) is 5.82 Å². The molecule has 0 aromatic heterocycles. The van der Waals surface area contributed by atoms with Gasteiger partial charge in [0, 0.05) is 11.6 Å². The van der Waals surface area contributed by atoms with Gasteiger partial charge in [0.15, 0.2) is 0 Å². The van der Waals surface area contributed by atoms with Crippen molar-refractivity contribution in [2.75, 3.05) is 6.61 Å². The predicted molar refractivity (Wildman–Crippen MR) is 71.2 cm³/mol. The minimum atomic E-state index is -0.383. The Morgan fingerprint density at radius 1 is 1.44 bits per heavy atom. The maximum absolute atomic E-state index is 13.4. The highest BCUT2D eigenvalue weighted by Crippen LogP contribution is 2.43. The Labute approximate surface area is 112 Å². The molecule has 1 aromatic carbocycles. The van der Waals surface area contributed by atoms with Crippen molar-refractivity contribution in [3.8, 4) is 0 Å². The molecule has 1 unspecified atom stereocenters. The fourth-order valence-corrected chi connectivity index (χ4v) is 3.08. The second-order valence-corrected chi connectivity index (χ2v) is 5.26. The van der Waals surface area contributed by atoms with E-state index in [1.807, 2.05) is 6.92 Å². The average molecular weight is 272 g/mol. The first-order valence-electron chi connectivity index (χ1n) is 6.43. The lowest BCUT2D eigenvalue weighted by molar-refractivity contribution is -0.0536. The van der Waals surface area contributed by atoms with Gasteiger partial charge in [-0.2, -0.15) is 0 Å². The topological polar surface area (TPSA) is 35.2 Å². The molecule has 1 saturated carbocycles. The summed E-state index contributed by atoms with van der Waals surface area (Å²) in [6.45, 7) is 2.57. The number of hydrogen-bond donors (Lipinski definition) is 1. The average Bonchev–Trinajstić information content (AvgIpc) is 2.82. The van der Waals surface area contributed by atoms with Crippen LogP contribution >= 0.6 is 11.6 Å². The van der Waals surface area contributed by atoms with Crippen LogP contribution in [-0.4, -0.2) is 12.2 Å². The molecule has 1 atom stereocenters. The normalized spacial score (nSPS) is 20.0. The molecule has 18 heavy (non-hydrogen) atoms. The van der Waals surface area contributed by atoms with E-state index in [0.717, 1.165) is 25.7 Å².